The van der Waals surface area contributed by atoms with Crippen molar-refractivity contribution in [3.63, 3.8) is 0 Å². The number of carboxylic acids is 1. The highest BCUT2D eigenvalue weighted by molar-refractivity contribution is 9.10. The summed E-state index contributed by atoms with van der Waals surface area (Å²) in [4.78, 5) is 11.6. The van der Waals surface area contributed by atoms with Gasteiger partial charge in [0.25, 0.3) is 0 Å². The average molecular weight is 305 g/mol. The number of hydrogen-bond acceptors (Lipinski definition) is 3. The zero-order valence-corrected chi connectivity index (χ0v) is 11.2. The minimum absolute atomic E-state index is 0.275. The fraction of sp³-hybridized carbons (Fsp3) is 0.364. The molecule has 3 nitrogen and oxygen atoms in total. The lowest BCUT2D eigenvalue weighted by Gasteiger charge is -2.09. The van der Waals surface area contributed by atoms with Crippen LogP contribution in [0.2, 0.25) is 0 Å². The zero-order chi connectivity index (χ0) is 12.1. The van der Waals surface area contributed by atoms with Crippen molar-refractivity contribution in [1.29, 1.82) is 0 Å². The van der Waals surface area contributed by atoms with Crippen LogP contribution in [-0.4, -0.2) is 28.0 Å². The van der Waals surface area contributed by atoms with Gasteiger partial charge < -0.3 is 10.2 Å². The standard InChI is InChI=1S/C11H13BrO3S/c1-2-8(13)6-16-10-5-7(12)3-4-9(10)11(14)15/h3-5,8,13H,2,6H2,1H3,(H,14,15). The zero-order valence-electron chi connectivity index (χ0n) is 8.81. The molecule has 0 amide bonds. The Morgan fingerprint density at radius 3 is 2.81 bits per heavy atom. The third kappa shape index (κ3) is 3.81. The van der Waals surface area contributed by atoms with Gasteiger partial charge in [-0.05, 0) is 24.6 Å². The van der Waals surface area contributed by atoms with Crippen LogP contribution in [0.5, 0.6) is 0 Å². The Labute approximate surface area is 107 Å². The molecule has 0 radical (unpaired) electrons. The average Bonchev–Trinajstić information content (AvgIpc) is 2.25. The monoisotopic (exact) mass is 304 g/mol. The first kappa shape index (κ1) is 13.5. The lowest BCUT2D eigenvalue weighted by Crippen LogP contribution is -2.08. The molecule has 1 unspecified atom stereocenters. The topological polar surface area (TPSA) is 57.5 Å². The van der Waals surface area contributed by atoms with Gasteiger partial charge in [0.15, 0.2) is 0 Å². The summed E-state index contributed by atoms with van der Waals surface area (Å²) in [7, 11) is 0. The number of hydrogen-bond donors (Lipinski definition) is 2. The van der Waals surface area contributed by atoms with Gasteiger partial charge in [-0.3, -0.25) is 0 Å². The number of carboxylic acid groups (broad SMARTS) is 1. The van der Waals surface area contributed by atoms with Crippen molar-refractivity contribution in [3.05, 3.63) is 28.2 Å². The molecule has 0 saturated heterocycles. The Morgan fingerprint density at radius 1 is 1.56 bits per heavy atom. The van der Waals surface area contributed by atoms with E-state index >= 15 is 0 Å². The highest BCUT2D eigenvalue weighted by atomic mass is 79.9. The molecule has 2 N–H and O–H groups in total. The third-order valence-electron chi connectivity index (χ3n) is 2.08. The molecular formula is C11H13BrO3S. The number of aromatic carboxylic acids is 1. The molecule has 1 atom stereocenters. The van der Waals surface area contributed by atoms with Crippen molar-refractivity contribution in [1.82, 2.24) is 0 Å². The summed E-state index contributed by atoms with van der Waals surface area (Å²) in [5.74, 6) is -0.436. The van der Waals surface area contributed by atoms with Gasteiger partial charge in [-0.1, -0.05) is 22.9 Å². The van der Waals surface area contributed by atoms with Crippen molar-refractivity contribution in [2.75, 3.05) is 5.75 Å². The molecule has 0 spiro atoms. The Morgan fingerprint density at radius 2 is 2.25 bits per heavy atom. The maximum Gasteiger partial charge on any atom is 0.336 e. The van der Waals surface area contributed by atoms with E-state index in [0.29, 0.717) is 17.1 Å². The minimum Gasteiger partial charge on any atom is -0.478 e. The Kier molecular flexibility index (Phi) is 5.31. The number of carbonyl (C=O) groups is 1. The molecule has 0 aromatic heterocycles. The predicted octanol–water partition coefficient (Wildman–Crippen LogP) is 3.01. The number of aliphatic hydroxyl groups excluding tert-OH is 1. The van der Waals surface area contributed by atoms with Gasteiger partial charge in [-0.25, -0.2) is 4.79 Å². The Bertz CT molecular complexity index is 381. The van der Waals surface area contributed by atoms with Crippen LogP contribution in [0, 0.1) is 0 Å². The first-order chi connectivity index (χ1) is 7.54. The van der Waals surface area contributed by atoms with Crippen LogP contribution >= 0.6 is 27.7 Å². The van der Waals surface area contributed by atoms with Gasteiger partial charge in [-0.15, -0.1) is 11.8 Å². The molecule has 0 heterocycles. The summed E-state index contributed by atoms with van der Waals surface area (Å²) in [6, 6.07) is 5.02. The molecule has 0 aliphatic heterocycles. The van der Waals surface area contributed by atoms with Gasteiger partial charge in [0, 0.05) is 15.1 Å². The molecule has 0 fully saturated rings. The lowest BCUT2D eigenvalue weighted by molar-refractivity contribution is 0.0693. The van der Waals surface area contributed by atoms with E-state index in [-0.39, 0.29) is 5.56 Å². The number of rotatable bonds is 5. The minimum atomic E-state index is -0.944. The maximum absolute atomic E-state index is 11.0. The van der Waals surface area contributed by atoms with E-state index in [1.54, 1.807) is 18.2 Å². The fourth-order valence-electron chi connectivity index (χ4n) is 1.10. The number of benzene rings is 1. The van der Waals surface area contributed by atoms with Crippen LogP contribution in [0.3, 0.4) is 0 Å². The van der Waals surface area contributed by atoms with E-state index in [1.165, 1.54) is 11.8 Å². The van der Waals surface area contributed by atoms with Crippen LogP contribution in [0.4, 0.5) is 0 Å². The first-order valence-electron chi connectivity index (χ1n) is 4.88. The molecule has 0 aliphatic rings. The Hall–Kier alpha value is -0.520. The molecule has 88 valence electrons. The molecule has 1 rings (SSSR count). The van der Waals surface area contributed by atoms with Crippen LogP contribution in [-0.2, 0) is 0 Å². The largest absolute Gasteiger partial charge is 0.478 e. The molecule has 5 heteroatoms. The van der Waals surface area contributed by atoms with Crippen LogP contribution < -0.4 is 0 Å². The molecule has 0 saturated carbocycles. The summed E-state index contributed by atoms with van der Waals surface area (Å²) in [5.41, 5.74) is 0.275. The van der Waals surface area contributed by atoms with Gasteiger partial charge in [-0.2, -0.15) is 0 Å². The lowest BCUT2D eigenvalue weighted by atomic mass is 10.2. The predicted molar refractivity (Wildman–Crippen MR) is 68.1 cm³/mol. The van der Waals surface area contributed by atoms with Crippen LogP contribution in [0.1, 0.15) is 23.7 Å². The summed E-state index contributed by atoms with van der Waals surface area (Å²) in [5, 5.41) is 18.4. The molecular weight excluding hydrogens is 292 g/mol. The van der Waals surface area contributed by atoms with E-state index < -0.39 is 12.1 Å². The maximum atomic E-state index is 11.0. The summed E-state index contributed by atoms with van der Waals surface area (Å²) in [6.45, 7) is 1.89. The van der Waals surface area contributed by atoms with Crippen molar-refractivity contribution in [2.24, 2.45) is 0 Å². The Balaban J connectivity index is 2.84. The highest BCUT2D eigenvalue weighted by Crippen LogP contribution is 2.27. The number of halogens is 1. The molecule has 0 aliphatic carbocycles. The van der Waals surface area contributed by atoms with Crippen molar-refractivity contribution >= 4 is 33.7 Å². The number of thioether (sulfide) groups is 1. The molecule has 16 heavy (non-hydrogen) atoms. The number of aliphatic hydroxyl groups is 1. The van der Waals surface area contributed by atoms with Crippen LogP contribution in [0.15, 0.2) is 27.6 Å². The van der Waals surface area contributed by atoms with E-state index in [1.807, 2.05) is 6.92 Å². The van der Waals surface area contributed by atoms with Gasteiger partial charge in [0.1, 0.15) is 0 Å². The molecule has 1 aromatic carbocycles. The van der Waals surface area contributed by atoms with Gasteiger partial charge in [0.05, 0.1) is 11.7 Å². The van der Waals surface area contributed by atoms with E-state index in [0.717, 1.165) is 4.47 Å². The summed E-state index contributed by atoms with van der Waals surface area (Å²) >= 11 is 4.66. The normalized spacial score (nSPS) is 12.4. The van der Waals surface area contributed by atoms with Gasteiger partial charge >= 0.3 is 5.97 Å². The molecule has 1 aromatic rings. The quantitative estimate of drug-likeness (QED) is 0.821. The van der Waals surface area contributed by atoms with Gasteiger partial charge in [0.2, 0.25) is 0 Å². The SMILES string of the molecule is CCC(O)CSc1cc(Br)ccc1C(=O)O. The van der Waals surface area contributed by atoms with Crippen molar-refractivity contribution in [2.45, 2.75) is 24.3 Å². The van der Waals surface area contributed by atoms with Crippen molar-refractivity contribution < 1.29 is 15.0 Å². The smallest absolute Gasteiger partial charge is 0.336 e. The second kappa shape index (κ2) is 6.27. The van der Waals surface area contributed by atoms with E-state index in [9.17, 15) is 9.90 Å². The summed E-state index contributed by atoms with van der Waals surface area (Å²) < 4.78 is 0.839. The first-order valence-corrected chi connectivity index (χ1v) is 6.66. The molecule has 0 bridgehead atoms. The van der Waals surface area contributed by atoms with E-state index in [4.69, 9.17) is 5.11 Å². The second-order valence-electron chi connectivity index (χ2n) is 3.32. The highest BCUT2D eigenvalue weighted by Gasteiger charge is 2.12. The summed E-state index contributed by atoms with van der Waals surface area (Å²) in [6.07, 6.45) is 0.272. The van der Waals surface area contributed by atoms with E-state index in [2.05, 4.69) is 15.9 Å². The third-order valence-corrected chi connectivity index (χ3v) is 3.77. The van der Waals surface area contributed by atoms with Crippen LogP contribution in [0.25, 0.3) is 0 Å². The second-order valence-corrected chi connectivity index (χ2v) is 5.30. The fourth-order valence-corrected chi connectivity index (χ4v) is 2.74. The van der Waals surface area contributed by atoms with Crippen molar-refractivity contribution in [3.8, 4) is 0 Å².